The van der Waals surface area contributed by atoms with Crippen LogP contribution in [0.4, 0.5) is 0 Å². The van der Waals surface area contributed by atoms with Crippen molar-refractivity contribution in [3.63, 3.8) is 0 Å². The number of rotatable bonds is 0. The average molecular weight is 132 g/mol. The quantitative estimate of drug-likeness (QED) is 0.548. The lowest BCUT2D eigenvalue weighted by atomic mass is 10.2. The van der Waals surface area contributed by atoms with Gasteiger partial charge in [0.2, 0.25) is 0 Å². The fraction of sp³-hybridized carbons (Fsp3) is 0. The van der Waals surface area contributed by atoms with E-state index in [2.05, 4.69) is 12.1 Å². The van der Waals surface area contributed by atoms with E-state index in [0.717, 1.165) is 16.5 Å². The Labute approximate surface area is 58.4 Å². The maximum absolute atomic E-state index is 4.91. The molecule has 0 amide bonds. The Bertz CT molecular complexity index is 351. The van der Waals surface area contributed by atoms with Crippen molar-refractivity contribution in [1.29, 1.82) is 0 Å². The summed E-state index contributed by atoms with van der Waals surface area (Å²) >= 11 is 0. The summed E-state index contributed by atoms with van der Waals surface area (Å²) in [7, 11) is 0. The third-order valence-electron chi connectivity index (χ3n) is 1.49. The van der Waals surface area contributed by atoms with Crippen LogP contribution >= 0.6 is 0 Å². The molecule has 0 bridgehead atoms. The molecule has 0 atom stereocenters. The van der Waals surface area contributed by atoms with Gasteiger partial charge >= 0.3 is 0 Å². The molecule has 0 fully saturated rings. The van der Waals surface area contributed by atoms with Crippen LogP contribution in [0.1, 0.15) is 5.56 Å². The van der Waals surface area contributed by atoms with Crippen molar-refractivity contribution in [3.05, 3.63) is 36.9 Å². The first-order valence-corrected chi connectivity index (χ1v) is 3.03. The van der Waals surface area contributed by atoms with Gasteiger partial charge in [0.1, 0.15) is 0 Å². The molecule has 0 spiro atoms. The summed E-state index contributed by atoms with van der Waals surface area (Å²) in [5.41, 5.74) is 1.76. The van der Waals surface area contributed by atoms with Crippen LogP contribution in [0.5, 0.6) is 0 Å². The minimum Gasteiger partial charge on any atom is -0.356 e. The van der Waals surface area contributed by atoms with Crippen molar-refractivity contribution in [2.24, 2.45) is 0 Å². The van der Waals surface area contributed by atoms with E-state index in [1.54, 1.807) is 6.20 Å². The van der Waals surface area contributed by atoms with Gasteiger partial charge < -0.3 is 4.52 Å². The molecule has 10 heavy (non-hydrogen) atoms. The van der Waals surface area contributed by atoms with Gasteiger partial charge in [0.05, 0.1) is 6.20 Å². The van der Waals surface area contributed by atoms with E-state index in [9.17, 15) is 0 Å². The van der Waals surface area contributed by atoms with Gasteiger partial charge in [0.15, 0.2) is 5.58 Å². The largest absolute Gasteiger partial charge is 0.356 e. The fourth-order valence-corrected chi connectivity index (χ4v) is 0.951. The van der Waals surface area contributed by atoms with Gasteiger partial charge in [0.25, 0.3) is 0 Å². The zero-order chi connectivity index (χ0) is 6.97. The number of hydrogen-bond acceptors (Lipinski definition) is 2. The zero-order valence-corrected chi connectivity index (χ0v) is 5.37. The van der Waals surface area contributed by atoms with E-state index >= 15 is 0 Å². The second-order valence-electron chi connectivity index (χ2n) is 2.15. The van der Waals surface area contributed by atoms with Crippen LogP contribution in [-0.4, -0.2) is 5.16 Å². The first-order chi connectivity index (χ1) is 4.88. The number of aromatic nitrogens is 1. The molecule has 1 aromatic heterocycles. The highest BCUT2D eigenvalue weighted by Crippen LogP contribution is 2.16. The maximum Gasteiger partial charge on any atom is 0.167 e. The standard InChI is InChI=1S/C8H6NO/c1-6-3-2-4-8-7(6)5-9-10-8/h2-5H,1H2. The molecule has 2 nitrogen and oxygen atoms in total. The lowest BCUT2D eigenvalue weighted by Crippen LogP contribution is -1.69. The minimum absolute atomic E-state index is 0.799. The maximum atomic E-state index is 4.91. The Balaban J connectivity index is 2.95. The normalized spacial score (nSPS) is 10.5. The van der Waals surface area contributed by atoms with Gasteiger partial charge in [-0.1, -0.05) is 17.3 Å². The lowest BCUT2D eigenvalue weighted by molar-refractivity contribution is 0.456. The van der Waals surface area contributed by atoms with Crippen LogP contribution in [-0.2, 0) is 0 Å². The molecular formula is C8H6NO. The monoisotopic (exact) mass is 132 g/mol. The molecule has 2 rings (SSSR count). The molecule has 1 heterocycles. The Hall–Kier alpha value is -1.31. The molecule has 0 aliphatic rings. The Kier molecular flexibility index (Phi) is 1.01. The Morgan fingerprint density at radius 3 is 3.10 bits per heavy atom. The van der Waals surface area contributed by atoms with E-state index in [0.29, 0.717) is 0 Å². The van der Waals surface area contributed by atoms with Gasteiger partial charge in [-0.2, -0.15) is 0 Å². The molecule has 0 saturated heterocycles. The first kappa shape index (κ1) is 5.47. The minimum atomic E-state index is 0.799. The highest BCUT2D eigenvalue weighted by atomic mass is 16.5. The third-order valence-corrected chi connectivity index (χ3v) is 1.49. The molecule has 49 valence electrons. The summed E-state index contributed by atoms with van der Waals surface area (Å²) < 4.78 is 4.91. The van der Waals surface area contributed by atoms with Gasteiger partial charge in [-0.25, -0.2) is 0 Å². The van der Waals surface area contributed by atoms with Crippen molar-refractivity contribution < 1.29 is 4.52 Å². The van der Waals surface area contributed by atoms with Gasteiger partial charge in [-0.05, 0) is 18.6 Å². The zero-order valence-electron chi connectivity index (χ0n) is 5.37. The van der Waals surface area contributed by atoms with Crippen molar-refractivity contribution in [3.8, 4) is 0 Å². The molecular weight excluding hydrogens is 126 g/mol. The molecule has 0 saturated carbocycles. The average Bonchev–Trinajstić information content (AvgIpc) is 2.36. The van der Waals surface area contributed by atoms with E-state index in [-0.39, 0.29) is 0 Å². The molecule has 1 radical (unpaired) electrons. The number of fused-ring (bicyclic) bond motifs is 1. The molecule has 0 aliphatic carbocycles. The summed E-state index contributed by atoms with van der Waals surface area (Å²) in [6.45, 7) is 3.82. The molecule has 1 aromatic carbocycles. The predicted molar refractivity (Wildman–Crippen MR) is 38.5 cm³/mol. The van der Waals surface area contributed by atoms with Crippen molar-refractivity contribution in [2.75, 3.05) is 0 Å². The summed E-state index contributed by atoms with van der Waals surface area (Å²) in [4.78, 5) is 0. The SMILES string of the molecule is [CH2]c1cccc2oncc12. The van der Waals surface area contributed by atoms with Crippen molar-refractivity contribution in [1.82, 2.24) is 5.16 Å². The van der Waals surface area contributed by atoms with Crippen LogP contribution < -0.4 is 0 Å². The van der Waals surface area contributed by atoms with Gasteiger partial charge in [0, 0.05) is 5.39 Å². The molecule has 2 aromatic rings. The van der Waals surface area contributed by atoms with Crippen molar-refractivity contribution >= 4 is 11.0 Å². The van der Waals surface area contributed by atoms with Crippen LogP contribution in [0.2, 0.25) is 0 Å². The van der Waals surface area contributed by atoms with Gasteiger partial charge in [-0.3, -0.25) is 0 Å². The molecule has 0 aliphatic heterocycles. The van der Waals surface area contributed by atoms with E-state index in [1.807, 2.05) is 18.2 Å². The fourth-order valence-electron chi connectivity index (χ4n) is 0.951. The second kappa shape index (κ2) is 1.84. The van der Waals surface area contributed by atoms with Crippen molar-refractivity contribution in [2.45, 2.75) is 0 Å². The smallest absolute Gasteiger partial charge is 0.167 e. The lowest BCUT2D eigenvalue weighted by Gasteiger charge is -1.88. The number of benzene rings is 1. The summed E-state index contributed by atoms with van der Waals surface area (Å²) in [5, 5.41) is 4.64. The van der Waals surface area contributed by atoms with Crippen LogP contribution in [0.15, 0.2) is 28.9 Å². The van der Waals surface area contributed by atoms with E-state index < -0.39 is 0 Å². The highest BCUT2D eigenvalue weighted by Gasteiger charge is 1.97. The summed E-state index contributed by atoms with van der Waals surface area (Å²) in [5.74, 6) is 0. The predicted octanol–water partition coefficient (Wildman–Crippen LogP) is 2.01. The number of nitrogens with zero attached hydrogens (tertiary/aromatic N) is 1. The molecule has 0 N–H and O–H groups in total. The third kappa shape index (κ3) is 0.620. The summed E-state index contributed by atoms with van der Waals surface area (Å²) in [6, 6.07) is 5.70. The number of hydrogen-bond donors (Lipinski definition) is 0. The topological polar surface area (TPSA) is 26.0 Å². The van der Waals surface area contributed by atoms with Crippen LogP contribution in [0, 0.1) is 6.92 Å². The molecule has 2 heteroatoms. The van der Waals surface area contributed by atoms with Crippen LogP contribution in [0.3, 0.4) is 0 Å². The van der Waals surface area contributed by atoms with Gasteiger partial charge in [-0.15, -0.1) is 0 Å². The Morgan fingerprint density at radius 2 is 2.30 bits per heavy atom. The second-order valence-corrected chi connectivity index (χ2v) is 2.15. The Morgan fingerprint density at radius 1 is 1.40 bits per heavy atom. The van der Waals surface area contributed by atoms with Crippen LogP contribution in [0.25, 0.3) is 11.0 Å². The van der Waals surface area contributed by atoms with E-state index in [1.165, 1.54) is 0 Å². The molecule has 0 unspecified atom stereocenters. The highest BCUT2D eigenvalue weighted by molar-refractivity contribution is 5.80. The first-order valence-electron chi connectivity index (χ1n) is 3.03. The summed E-state index contributed by atoms with van der Waals surface area (Å²) in [6.07, 6.45) is 1.68. The van der Waals surface area contributed by atoms with E-state index in [4.69, 9.17) is 4.52 Å².